The van der Waals surface area contributed by atoms with E-state index in [9.17, 15) is 4.79 Å². The number of aromatic nitrogens is 3. The molecule has 0 radical (unpaired) electrons. The van der Waals surface area contributed by atoms with Crippen LogP contribution in [0.1, 0.15) is 10.4 Å². The number of carbonyl (C=O) groups excluding carboxylic acids is 1. The van der Waals surface area contributed by atoms with Gasteiger partial charge in [-0.3, -0.25) is 9.36 Å². The summed E-state index contributed by atoms with van der Waals surface area (Å²) in [5.41, 5.74) is 3.03. The number of carbonyl (C=O) groups is 1. The Labute approximate surface area is 136 Å². The number of rotatable bonds is 3. The predicted molar refractivity (Wildman–Crippen MR) is 91.3 cm³/mol. The molecule has 0 spiro atoms. The monoisotopic (exact) mass is 320 g/mol. The number of anilines is 2. The van der Waals surface area contributed by atoms with Crippen LogP contribution in [-0.4, -0.2) is 20.4 Å². The van der Waals surface area contributed by atoms with Crippen LogP contribution in [-0.2, 0) is 0 Å². The van der Waals surface area contributed by atoms with Gasteiger partial charge in [0.1, 0.15) is 6.33 Å². The van der Waals surface area contributed by atoms with Crippen molar-refractivity contribution in [2.24, 2.45) is 0 Å². The highest BCUT2D eigenvalue weighted by molar-refractivity contribution is 7.13. The number of nitrogens with zero attached hydrogens (tertiary/aromatic N) is 3. The Morgan fingerprint density at radius 2 is 2.00 bits per heavy atom. The van der Waals surface area contributed by atoms with Crippen molar-refractivity contribution in [3.8, 4) is 0 Å². The Morgan fingerprint density at radius 1 is 1.09 bits per heavy atom. The first kappa shape index (κ1) is 13.7. The van der Waals surface area contributed by atoms with Crippen molar-refractivity contribution in [1.29, 1.82) is 0 Å². The fraction of sp³-hybridized carbons (Fsp3) is 0. The molecule has 4 aromatic rings. The molecular formula is C17H12N4OS. The summed E-state index contributed by atoms with van der Waals surface area (Å²) in [5.74, 6) is -0.110. The van der Waals surface area contributed by atoms with Crippen LogP contribution >= 0.6 is 11.3 Å². The van der Waals surface area contributed by atoms with Crippen molar-refractivity contribution in [3.63, 3.8) is 0 Å². The Hall–Kier alpha value is -2.99. The van der Waals surface area contributed by atoms with E-state index in [1.54, 1.807) is 23.2 Å². The summed E-state index contributed by atoms with van der Waals surface area (Å²) in [6.45, 7) is 0. The maximum Gasteiger partial charge on any atom is 0.263 e. The highest BCUT2D eigenvalue weighted by Gasteiger charge is 2.12. The normalized spacial score (nSPS) is 10.8. The third-order valence-electron chi connectivity index (χ3n) is 3.47. The fourth-order valence-corrected chi connectivity index (χ4v) is 2.95. The van der Waals surface area contributed by atoms with Crippen LogP contribution in [0, 0.1) is 0 Å². The summed E-state index contributed by atoms with van der Waals surface area (Å²) in [6, 6.07) is 14.9. The van der Waals surface area contributed by atoms with E-state index in [0.29, 0.717) is 5.56 Å². The van der Waals surface area contributed by atoms with Gasteiger partial charge in [0.2, 0.25) is 0 Å². The smallest absolute Gasteiger partial charge is 0.263 e. The second-order valence-electron chi connectivity index (χ2n) is 4.95. The number of hydrogen-bond acceptors (Lipinski definition) is 5. The molecule has 4 rings (SSSR count). The van der Waals surface area contributed by atoms with E-state index in [0.717, 1.165) is 21.9 Å². The minimum absolute atomic E-state index is 0.110. The van der Waals surface area contributed by atoms with E-state index < -0.39 is 0 Å². The second-order valence-corrected chi connectivity index (χ2v) is 5.85. The number of imidazole rings is 1. The standard InChI is InChI=1S/C17H12N4OS/c22-16(21-11-19-14-6-1-2-7-15(14)21)12-4-3-5-13(10-12)20-17-18-8-9-23-17/h1-11H,(H,18,20). The van der Waals surface area contributed by atoms with Crippen LogP contribution in [0.25, 0.3) is 11.0 Å². The number of fused-ring (bicyclic) bond motifs is 1. The molecule has 5 nitrogen and oxygen atoms in total. The van der Waals surface area contributed by atoms with Gasteiger partial charge in [0.25, 0.3) is 5.91 Å². The van der Waals surface area contributed by atoms with E-state index in [-0.39, 0.29) is 5.91 Å². The minimum atomic E-state index is -0.110. The fourth-order valence-electron chi connectivity index (χ4n) is 2.40. The number of para-hydroxylation sites is 2. The topological polar surface area (TPSA) is 59.8 Å². The third kappa shape index (κ3) is 2.60. The van der Waals surface area contributed by atoms with E-state index in [1.165, 1.54) is 11.3 Å². The van der Waals surface area contributed by atoms with Gasteiger partial charge in [-0.15, -0.1) is 11.3 Å². The van der Waals surface area contributed by atoms with Gasteiger partial charge in [0, 0.05) is 22.8 Å². The quantitative estimate of drug-likeness (QED) is 0.621. The summed E-state index contributed by atoms with van der Waals surface area (Å²) in [5, 5.41) is 5.88. The maximum atomic E-state index is 12.8. The van der Waals surface area contributed by atoms with Crippen molar-refractivity contribution < 1.29 is 4.79 Å². The number of benzene rings is 2. The minimum Gasteiger partial charge on any atom is -0.332 e. The van der Waals surface area contributed by atoms with Gasteiger partial charge in [-0.2, -0.15) is 0 Å². The van der Waals surface area contributed by atoms with Gasteiger partial charge >= 0.3 is 0 Å². The number of thiazole rings is 1. The van der Waals surface area contributed by atoms with E-state index in [2.05, 4.69) is 15.3 Å². The van der Waals surface area contributed by atoms with Gasteiger partial charge in [-0.25, -0.2) is 9.97 Å². The van der Waals surface area contributed by atoms with Crippen LogP contribution < -0.4 is 5.32 Å². The van der Waals surface area contributed by atoms with Crippen LogP contribution in [0.5, 0.6) is 0 Å². The zero-order valence-electron chi connectivity index (χ0n) is 12.0. The van der Waals surface area contributed by atoms with Gasteiger partial charge in [0.05, 0.1) is 11.0 Å². The molecule has 2 aromatic heterocycles. The summed E-state index contributed by atoms with van der Waals surface area (Å²) < 4.78 is 1.57. The molecule has 2 heterocycles. The molecule has 0 atom stereocenters. The zero-order chi connectivity index (χ0) is 15.6. The van der Waals surface area contributed by atoms with Crippen LogP contribution in [0.15, 0.2) is 66.4 Å². The molecule has 0 fully saturated rings. The second kappa shape index (κ2) is 5.66. The average molecular weight is 320 g/mol. The summed E-state index contributed by atoms with van der Waals surface area (Å²) in [6.07, 6.45) is 3.30. The van der Waals surface area contributed by atoms with Crippen molar-refractivity contribution in [3.05, 3.63) is 72.0 Å². The predicted octanol–water partition coefficient (Wildman–Crippen LogP) is 3.92. The third-order valence-corrected chi connectivity index (χ3v) is 4.15. The average Bonchev–Trinajstić information content (AvgIpc) is 3.24. The Morgan fingerprint density at radius 3 is 2.87 bits per heavy atom. The van der Waals surface area contributed by atoms with E-state index >= 15 is 0 Å². The summed E-state index contributed by atoms with van der Waals surface area (Å²) in [7, 11) is 0. The zero-order valence-corrected chi connectivity index (χ0v) is 12.8. The largest absolute Gasteiger partial charge is 0.332 e. The van der Waals surface area contributed by atoms with Crippen molar-refractivity contribution in [1.82, 2.24) is 14.5 Å². The van der Waals surface area contributed by atoms with Crippen molar-refractivity contribution in [2.75, 3.05) is 5.32 Å². The summed E-state index contributed by atoms with van der Waals surface area (Å²) in [4.78, 5) is 21.2. The first-order valence-corrected chi connectivity index (χ1v) is 7.92. The van der Waals surface area contributed by atoms with Crippen molar-refractivity contribution >= 4 is 39.1 Å². The SMILES string of the molecule is O=C(c1cccc(Nc2nccs2)c1)n1cnc2ccccc21. The molecule has 0 amide bonds. The molecule has 1 N–H and O–H groups in total. The highest BCUT2D eigenvalue weighted by atomic mass is 32.1. The molecule has 0 aliphatic heterocycles. The lowest BCUT2D eigenvalue weighted by molar-refractivity contribution is 0.0964. The Bertz CT molecular complexity index is 975. The molecule has 0 aliphatic carbocycles. The molecule has 0 saturated carbocycles. The van der Waals surface area contributed by atoms with Crippen LogP contribution in [0.4, 0.5) is 10.8 Å². The Balaban J connectivity index is 1.68. The lowest BCUT2D eigenvalue weighted by Crippen LogP contribution is -2.10. The lowest BCUT2D eigenvalue weighted by Gasteiger charge is -2.06. The number of nitrogens with one attached hydrogen (secondary N) is 1. The highest BCUT2D eigenvalue weighted by Crippen LogP contribution is 2.21. The van der Waals surface area contributed by atoms with Gasteiger partial charge in [-0.05, 0) is 30.3 Å². The number of hydrogen-bond donors (Lipinski definition) is 1. The van der Waals surface area contributed by atoms with E-state index in [1.807, 2.05) is 47.8 Å². The molecular weight excluding hydrogens is 308 g/mol. The van der Waals surface area contributed by atoms with Crippen LogP contribution in [0.2, 0.25) is 0 Å². The molecule has 0 saturated heterocycles. The first-order valence-electron chi connectivity index (χ1n) is 7.05. The van der Waals surface area contributed by atoms with Crippen LogP contribution in [0.3, 0.4) is 0 Å². The van der Waals surface area contributed by atoms with Gasteiger partial charge in [0.15, 0.2) is 5.13 Å². The molecule has 2 aromatic carbocycles. The van der Waals surface area contributed by atoms with Gasteiger partial charge in [-0.1, -0.05) is 18.2 Å². The summed E-state index contributed by atoms with van der Waals surface area (Å²) >= 11 is 1.51. The molecule has 6 heteroatoms. The van der Waals surface area contributed by atoms with Gasteiger partial charge < -0.3 is 5.32 Å². The van der Waals surface area contributed by atoms with E-state index in [4.69, 9.17) is 0 Å². The molecule has 0 aliphatic rings. The molecule has 23 heavy (non-hydrogen) atoms. The molecule has 112 valence electrons. The first-order chi connectivity index (χ1) is 11.3. The Kier molecular flexibility index (Phi) is 3.36. The maximum absolute atomic E-state index is 12.8. The van der Waals surface area contributed by atoms with Crippen molar-refractivity contribution in [2.45, 2.75) is 0 Å². The lowest BCUT2D eigenvalue weighted by atomic mass is 10.2. The molecule has 0 unspecified atom stereocenters. The molecule has 0 bridgehead atoms.